The van der Waals surface area contributed by atoms with Crippen LogP contribution in [0.25, 0.3) is 5.69 Å². The largest absolute Gasteiger partial charge is 0.466 e. The summed E-state index contributed by atoms with van der Waals surface area (Å²) in [5.41, 5.74) is 2.50. The number of nitrogens with zero attached hydrogens (tertiary/aromatic N) is 2. The molecule has 1 amide bonds. The molecule has 0 aliphatic rings. The van der Waals surface area contributed by atoms with E-state index in [4.69, 9.17) is 4.42 Å². The maximum Gasteiger partial charge on any atom is 0.255 e. The number of rotatable bonds is 4. The molecule has 0 spiro atoms. The molecule has 0 aliphatic carbocycles. The lowest BCUT2D eigenvalue weighted by atomic mass is 10.2. The van der Waals surface area contributed by atoms with Gasteiger partial charge in [0.15, 0.2) is 0 Å². The zero-order chi connectivity index (χ0) is 15.5. The van der Waals surface area contributed by atoms with Gasteiger partial charge < -0.3 is 9.73 Å². The molecule has 22 heavy (non-hydrogen) atoms. The average molecular weight is 295 g/mol. The van der Waals surface area contributed by atoms with Gasteiger partial charge in [0.1, 0.15) is 11.5 Å². The summed E-state index contributed by atoms with van der Waals surface area (Å²) in [6.07, 6.45) is 3.66. The van der Waals surface area contributed by atoms with Gasteiger partial charge in [0.05, 0.1) is 17.4 Å². The Morgan fingerprint density at radius 2 is 2.05 bits per heavy atom. The zero-order valence-corrected chi connectivity index (χ0v) is 12.5. The Morgan fingerprint density at radius 1 is 1.27 bits per heavy atom. The predicted molar refractivity (Wildman–Crippen MR) is 82.9 cm³/mol. The van der Waals surface area contributed by atoms with Gasteiger partial charge in [-0.2, -0.15) is 5.10 Å². The van der Waals surface area contributed by atoms with Gasteiger partial charge in [-0.25, -0.2) is 4.68 Å². The van der Waals surface area contributed by atoms with Crippen molar-refractivity contribution in [1.82, 2.24) is 15.1 Å². The highest BCUT2D eigenvalue weighted by Crippen LogP contribution is 2.14. The van der Waals surface area contributed by atoms with Gasteiger partial charge >= 0.3 is 0 Å². The van der Waals surface area contributed by atoms with Crippen molar-refractivity contribution >= 4 is 5.91 Å². The molecule has 5 heteroatoms. The summed E-state index contributed by atoms with van der Waals surface area (Å²) in [5, 5.41) is 7.19. The molecule has 0 fully saturated rings. The third-order valence-electron chi connectivity index (χ3n) is 3.40. The molecule has 2 aromatic heterocycles. The second-order valence-electron chi connectivity index (χ2n) is 5.14. The fraction of sp³-hybridized carbons (Fsp3) is 0.176. The summed E-state index contributed by atoms with van der Waals surface area (Å²) in [6, 6.07) is 11.6. The lowest BCUT2D eigenvalue weighted by Gasteiger charge is -2.02. The summed E-state index contributed by atoms with van der Waals surface area (Å²) in [5.74, 6) is 1.23. The molecule has 0 atom stereocenters. The highest BCUT2D eigenvalue weighted by molar-refractivity contribution is 5.95. The van der Waals surface area contributed by atoms with Gasteiger partial charge in [-0.3, -0.25) is 4.79 Å². The van der Waals surface area contributed by atoms with Gasteiger partial charge in [-0.15, -0.1) is 0 Å². The molecule has 0 radical (unpaired) electrons. The molecule has 0 unspecified atom stereocenters. The second kappa shape index (κ2) is 5.89. The molecule has 3 rings (SSSR count). The SMILES string of the molecule is Cc1cc(C(=O)NCc2cnn(-c3ccccc3)c2)c(C)o1. The predicted octanol–water partition coefficient (Wildman–Crippen LogP) is 3.01. The summed E-state index contributed by atoms with van der Waals surface area (Å²) in [6.45, 7) is 4.04. The molecule has 0 saturated carbocycles. The van der Waals surface area contributed by atoms with Crippen molar-refractivity contribution in [1.29, 1.82) is 0 Å². The monoisotopic (exact) mass is 295 g/mol. The van der Waals surface area contributed by atoms with Gasteiger partial charge in [0.25, 0.3) is 5.91 Å². The Hall–Kier alpha value is -2.82. The summed E-state index contributed by atoms with van der Waals surface area (Å²) < 4.78 is 7.16. The van der Waals surface area contributed by atoms with Crippen LogP contribution in [0.3, 0.4) is 0 Å². The topological polar surface area (TPSA) is 60.1 Å². The van der Waals surface area contributed by atoms with Crippen LogP contribution in [0, 0.1) is 13.8 Å². The van der Waals surface area contributed by atoms with Crippen LogP contribution in [0.15, 0.2) is 53.2 Å². The van der Waals surface area contributed by atoms with E-state index in [0.29, 0.717) is 17.9 Å². The molecule has 112 valence electrons. The molecule has 5 nitrogen and oxygen atoms in total. The number of benzene rings is 1. The third kappa shape index (κ3) is 2.93. The first kappa shape index (κ1) is 14.1. The van der Waals surface area contributed by atoms with Crippen LogP contribution in [0.4, 0.5) is 0 Å². The number of carbonyl (C=O) groups is 1. The third-order valence-corrected chi connectivity index (χ3v) is 3.40. The number of para-hydroxylation sites is 1. The Morgan fingerprint density at radius 3 is 2.73 bits per heavy atom. The van der Waals surface area contributed by atoms with Crippen molar-refractivity contribution in [2.24, 2.45) is 0 Å². The average Bonchev–Trinajstić information content (AvgIpc) is 3.12. The minimum Gasteiger partial charge on any atom is -0.466 e. The van der Waals surface area contributed by atoms with E-state index in [1.54, 1.807) is 23.9 Å². The van der Waals surface area contributed by atoms with Crippen molar-refractivity contribution < 1.29 is 9.21 Å². The molecule has 0 saturated heterocycles. The Bertz CT molecular complexity index is 787. The van der Waals surface area contributed by atoms with E-state index in [9.17, 15) is 4.79 Å². The van der Waals surface area contributed by atoms with Gasteiger partial charge in [-0.1, -0.05) is 18.2 Å². The van der Waals surface area contributed by atoms with Crippen molar-refractivity contribution in [3.8, 4) is 5.69 Å². The number of amides is 1. The van der Waals surface area contributed by atoms with Crippen LogP contribution in [-0.2, 0) is 6.54 Å². The van der Waals surface area contributed by atoms with Crippen molar-refractivity contribution in [2.45, 2.75) is 20.4 Å². The Balaban J connectivity index is 1.66. The zero-order valence-electron chi connectivity index (χ0n) is 12.5. The van der Waals surface area contributed by atoms with Crippen LogP contribution in [-0.4, -0.2) is 15.7 Å². The lowest BCUT2D eigenvalue weighted by molar-refractivity contribution is 0.0949. The molecular weight excluding hydrogens is 278 g/mol. The van der Waals surface area contributed by atoms with Crippen LogP contribution >= 0.6 is 0 Å². The number of aryl methyl sites for hydroxylation is 2. The minimum atomic E-state index is -0.137. The van der Waals surface area contributed by atoms with E-state index < -0.39 is 0 Å². The van der Waals surface area contributed by atoms with E-state index in [2.05, 4.69) is 10.4 Å². The molecule has 2 heterocycles. The van der Waals surface area contributed by atoms with Gasteiger partial charge in [0, 0.05) is 18.3 Å². The fourth-order valence-electron chi connectivity index (χ4n) is 2.31. The van der Waals surface area contributed by atoms with E-state index in [1.165, 1.54) is 0 Å². The van der Waals surface area contributed by atoms with E-state index in [1.807, 2.05) is 43.5 Å². The molecule has 0 bridgehead atoms. The summed E-state index contributed by atoms with van der Waals surface area (Å²) in [7, 11) is 0. The smallest absolute Gasteiger partial charge is 0.255 e. The molecule has 1 aromatic carbocycles. The highest BCUT2D eigenvalue weighted by atomic mass is 16.3. The standard InChI is InChI=1S/C17H17N3O2/c1-12-8-16(13(2)22-12)17(21)18-9-14-10-19-20(11-14)15-6-4-3-5-7-15/h3-8,10-11H,9H2,1-2H3,(H,18,21). The molecule has 3 aromatic rings. The van der Waals surface area contributed by atoms with E-state index in [-0.39, 0.29) is 5.91 Å². The second-order valence-corrected chi connectivity index (χ2v) is 5.14. The maximum atomic E-state index is 12.1. The van der Waals surface area contributed by atoms with Crippen LogP contribution in [0.1, 0.15) is 27.4 Å². The highest BCUT2D eigenvalue weighted by Gasteiger charge is 2.13. The van der Waals surface area contributed by atoms with Crippen molar-refractivity contribution in [3.63, 3.8) is 0 Å². The van der Waals surface area contributed by atoms with E-state index in [0.717, 1.165) is 17.0 Å². The number of nitrogens with one attached hydrogen (secondary N) is 1. The minimum absolute atomic E-state index is 0.137. The molecular formula is C17H17N3O2. The summed E-state index contributed by atoms with van der Waals surface area (Å²) in [4.78, 5) is 12.1. The van der Waals surface area contributed by atoms with Crippen molar-refractivity contribution in [2.75, 3.05) is 0 Å². The first-order valence-electron chi connectivity index (χ1n) is 7.07. The number of carbonyl (C=O) groups excluding carboxylic acids is 1. The first-order valence-corrected chi connectivity index (χ1v) is 7.07. The van der Waals surface area contributed by atoms with Gasteiger partial charge in [-0.05, 0) is 32.0 Å². The molecule has 1 N–H and O–H groups in total. The van der Waals surface area contributed by atoms with E-state index >= 15 is 0 Å². The number of aromatic nitrogens is 2. The number of hydrogen-bond acceptors (Lipinski definition) is 3. The number of furan rings is 1. The van der Waals surface area contributed by atoms with Crippen LogP contribution in [0.5, 0.6) is 0 Å². The Kier molecular flexibility index (Phi) is 3.78. The maximum absolute atomic E-state index is 12.1. The number of hydrogen-bond donors (Lipinski definition) is 1. The fourth-order valence-corrected chi connectivity index (χ4v) is 2.31. The van der Waals surface area contributed by atoms with Crippen LogP contribution < -0.4 is 5.32 Å². The van der Waals surface area contributed by atoms with Gasteiger partial charge in [0.2, 0.25) is 0 Å². The Labute approximate surface area is 128 Å². The summed E-state index contributed by atoms with van der Waals surface area (Å²) >= 11 is 0. The molecule has 0 aliphatic heterocycles. The van der Waals surface area contributed by atoms with Crippen molar-refractivity contribution in [3.05, 3.63) is 71.4 Å². The van der Waals surface area contributed by atoms with Crippen LogP contribution in [0.2, 0.25) is 0 Å². The quantitative estimate of drug-likeness (QED) is 0.805. The first-order chi connectivity index (χ1) is 10.6. The normalized spacial score (nSPS) is 10.6. The lowest BCUT2D eigenvalue weighted by Crippen LogP contribution is -2.22.